The molecule has 1 saturated heterocycles. The molecule has 0 aromatic carbocycles. The van der Waals surface area contributed by atoms with E-state index in [1.54, 1.807) is 6.07 Å². The standard InChI is InChI=1S/C13H19ClN4O/c1-2-5-11-16-10(14)8-12(17-11)15-9-13(19)18-6-3-4-7-18/h8H,2-7,9H2,1H3,(H,15,16,17). The Morgan fingerprint density at radius 2 is 2.16 bits per heavy atom. The molecule has 104 valence electrons. The molecule has 1 aliphatic heterocycles. The summed E-state index contributed by atoms with van der Waals surface area (Å²) >= 11 is 5.94. The summed E-state index contributed by atoms with van der Waals surface area (Å²) in [4.78, 5) is 22.3. The monoisotopic (exact) mass is 282 g/mol. The van der Waals surface area contributed by atoms with Gasteiger partial charge in [-0.2, -0.15) is 0 Å². The summed E-state index contributed by atoms with van der Waals surface area (Å²) in [6.45, 7) is 4.06. The van der Waals surface area contributed by atoms with Crippen LogP contribution in [0.4, 0.5) is 5.82 Å². The first-order valence-corrected chi connectivity index (χ1v) is 7.12. The van der Waals surface area contributed by atoms with Crippen LogP contribution in [0.25, 0.3) is 0 Å². The number of nitrogens with zero attached hydrogens (tertiary/aromatic N) is 3. The molecular formula is C13H19ClN4O. The van der Waals surface area contributed by atoms with Crippen molar-refractivity contribution in [2.45, 2.75) is 32.6 Å². The maximum Gasteiger partial charge on any atom is 0.241 e. The molecule has 6 heteroatoms. The maximum atomic E-state index is 11.9. The Labute approximate surface area is 118 Å². The van der Waals surface area contributed by atoms with Crippen molar-refractivity contribution in [2.24, 2.45) is 0 Å². The molecule has 0 unspecified atom stereocenters. The van der Waals surface area contributed by atoms with Gasteiger partial charge in [-0.15, -0.1) is 0 Å². The van der Waals surface area contributed by atoms with Crippen LogP contribution in [0.2, 0.25) is 5.15 Å². The molecule has 1 amide bonds. The Hall–Kier alpha value is -1.36. The molecular weight excluding hydrogens is 264 g/mol. The third-order valence-electron chi connectivity index (χ3n) is 3.09. The van der Waals surface area contributed by atoms with Gasteiger partial charge in [-0.1, -0.05) is 18.5 Å². The number of hydrogen-bond acceptors (Lipinski definition) is 4. The van der Waals surface area contributed by atoms with Crippen LogP contribution in [-0.2, 0) is 11.2 Å². The number of hydrogen-bond donors (Lipinski definition) is 1. The quantitative estimate of drug-likeness (QED) is 0.841. The molecule has 5 nitrogen and oxygen atoms in total. The summed E-state index contributed by atoms with van der Waals surface area (Å²) in [5.74, 6) is 1.45. The number of carbonyl (C=O) groups excluding carboxylic acids is 1. The first-order valence-electron chi connectivity index (χ1n) is 6.74. The van der Waals surface area contributed by atoms with Crippen molar-refractivity contribution < 1.29 is 4.79 Å². The molecule has 2 rings (SSSR count). The fourth-order valence-corrected chi connectivity index (χ4v) is 2.34. The highest BCUT2D eigenvalue weighted by molar-refractivity contribution is 6.29. The minimum atomic E-state index is 0.115. The minimum Gasteiger partial charge on any atom is -0.361 e. The Bertz CT molecular complexity index is 446. The van der Waals surface area contributed by atoms with Crippen LogP contribution in [0.5, 0.6) is 0 Å². The van der Waals surface area contributed by atoms with E-state index in [0.29, 0.717) is 16.8 Å². The van der Waals surface area contributed by atoms with Crippen LogP contribution in [-0.4, -0.2) is 40.4 Å². The molecule has 1 aromatic heterocycles. The summed E-state index contributed by atoms with van der Waals surface area (Å²) in [7, 11) is 0. The van der Waals surface area contributed by atoms with Crippen LogP contribution in [0.15, 0.2) is 6.07 Å². The van der Waals surface area contributed by atoms with Crippen LogP contribution in [0.1, 0.15) is 32.0 Å². The van der Waals surface area contributed by atoms with Crippen molar-refractivity contribution in [1.29, 1.82) is 0 Å². The lowest BCUT2D eigenvalue weighted by atomic mass is 10.3. The van der Waals surface area contributed by atoms with Gasteiger partial charge in [-0.3, -0.25) is 4.79 Å². The summed E-state index contributed by atoms with van der Waals surface area (Å²) in [6, 6.07) is 1.65. The molecule has 0 aliphatic carbocycles. The second-order valence-electron chi connectivity index (χ2n) is 4.68. The maximum absolute atomic E-state index is 11.9. The number of aryl methyl sites for hydroxylation is 1. The zero-order chi connectivity index (χ0) is 13.7. The van der Waals surface area contributed by atoms with Gasteiger partial charge >= 0.3 is 0 Å². The van der Waals surface area contributed by atoms with Gasteiger partial charge in [0.2, 0.25) is 5.91 Å². The molecule has 1 fully saturated rings. The van der Waals surface area contributed by atoms with Gasteiger partial charge in [-0.05, 0) is 19.3 Å². The lowest BCUT2D eigenvalue weighted by Gasteiger charge is -2.15. The number of anilines is 1. The van der Waals surface area contributed by atoms with E-state index < -0.39 is 0 Å². The number of likely N-dealkylation sites (tertiary alicyclic amines) is 1. The summed E-state index contributed by atoms with van der Waals surface area (Å²) in [5.41, 5.74) is 0. The number of rotatable bonds is 5. The Kier molecular flexibility index (Phi) is 4.96. The van der Waals surface area contributed by atoms with E-state index in [-0.39, 0.29) is 12.5 Å². The number of halogens is 1. The van der Waals surface area contributed by atoms with Gasteiger partial charge in [0.15, 0.2) is 0 Å². The van der Waals surface area contributed by atoms with E-state index in [4.69, 9.17) is 11.6 Å². The topological polar surface area (TPSA) is 58.1 Å². The van der Waals surface area contributed by atoms with Crippen LogP contribution in [0.3, 0.4) is 0 Å². The van der Waals surface area contributed by atoms with Crippen molar-refractivity contribution in [3.63, 3.8) is 0 Å². The van der Waals surface area contributed by atoms with Crippen molar-refractivity contribution in [3.05, 3.63) is 17.0 Å². The molecule has 0 radical (unpaired) electrons. The minimum absolute atomic E-state index is 0.115. The molecule has 1 N–H and O–H groups in total. The molecule has 2 heterocycles. The van der Waals surface area contributed by atoms with Gasteiger partial charge in [0, 0.05) is 25.6 Å². The van der Waals surface area contributed by atoms with Gasteiger partial charge < -0.3 is 10.2 Å². The lowest BCUT2D eigenvalue weighted by molar-refractivity contribution is -0.128. The zero-order valence-electron chi connectivity index (χ0n) is 11.2. The summed E-state index contributed by atoms with van der Waals surface area (Å²) < 4.78 is 0. The Morgan fingerprint density at radius 1 is 1.42 bits per heavy atom. The zero-order valence-corrected chi connectivity index (χ0v) is 11.9. The number of carbonyl (C=O) groups is 1. The molecule has 0 spiro atoms. The summed E-state index contributed by atoms with van der Waals surface area (Å²) in [5, 5.41) is 3.45. The highest BCUT2D eigenvalue weighted by Gasteiger charge is 2.17. The van der Waals surface area contributed by atoms with Crippen molar-refractivity contribution in [1.82, 2.24) is 14.9 Å². The first-order chi connectivity index (χ1) is 9.19. The number of aromatic nitrogens is 2. The Balaban J connectivity index is 1.92. The number of amides is 1. The largest absolute Gasteiger partial charge is 0.361 e. The average molecular weight is 283 g/mol. The predicted octanol–water partition coefficient (Wildman–Crippen LogP) is 2.12. The second-order valence-corrected chi connectivity index (χ2v) is 5.07. The normalized spacial score (nSPS) is 14.7. The van der Waals surface area contributed by atoms with Crippen LogP contribution in [0, 0.1) is 0 Å². The first kappa shape index (κ1) is 14.1. The van der Waals surface area contributed by atoms with Gasteiger partial charge in [0.25, 0.3) is 0 Å². The van der Waals surface area contributed by atoms with Crippen LogP contribution < -0.4 is 5.32 Å². The van der Waals surface area contributed by atoms with Crippen LogP contribution >= 0.6 is 11.6 Å². The second kappa shape index (κ2) is 6.70. The van der Waals surface area contributed by atoms with Gasteiger partial charge in [0.1, 0.15) is 16.8 Å². The lowest BCUT2D eigenvalue weighted by Crippen LogP contribution is -2.33. The highest BCUT2D eigenvalue weighted by atomic mass is 35.5. The molecule has 0 bridgehead atoms. The fraction of sp³-hybridized carbons (Fsp3) is 0.615. The molecule has 19 heavy (non-hydrogen) atoms. The third-order valence-corrected chi connectivity index (χ3v) is 3.29. The smallest absolute Gasteiger partial charge is 0.241 e. The third kappa shape index (κ3) is 4.06. The molecule has 0 atom stereocenters. The predicted molar refractivity (Wildman–Crippen MR) is 75.3 cm³/mol. The van der Waals surface area contributed by atoms with Crippen molar-refractivity contribution >= 4 is 23.3 Å². The SMILES string of the molecule is CCCc1nc(Cl)cc(NCC(=O)N2CCCC2)n1. The average Bonchev–Trinajstić information content (AvgIpc) is 2.89. The van der Waals surface area contributed by atoms with E-state index in [2.05, 4.69) is 22.2 Å². The Morgan fingerprint density at radius 3 is 2.84 bits per heavy atom. The fourth-order valence-electron chi connectivity index (χ4n) is 2.14. The molecule has 0 saturated carbocycles. The van der Waals surface area contributed by atoms with Gasteiger partial charge in [0.05, 0.1) is 6.54 Å². The molecule has 1 aromatic rings. The van der Waals surface area contributed by atoms with Gasteiger partial charge in [-0.25, -0.2) is 9.97 Å². The van der Waals surface area contributed by atoms with E-state index in [9.17, 15) is 4.79 Å². The van der Waals surface area contributed by atoms with E-state index in [0.717, 1.165) is 38.8 Å². The van der Waals surface area contributed by atoms with Crippen molar-refractivity contribution in [2.75, 3.05) is 25.0 Å². The van der Waals surface area contributed by atoms with Crippen molar-refractivity contribution in [3.8, 4) is 0 Å². The highest BCUT2D eigenvalue weighted by Crippen LogP contribution is 2.13. The van der Waals surface area contributed by atoms with E-state index in [1.165, 1.54) is 0 Å². The summed E-state index contributed by atoms with van der Waals surface area (Å²) in [6.07, 6.45) is 3.96. The van der Waals surface area contributed by atoms with E-state index >= 15 is 0 Å². The van der Waals surface area contributed by atoms with E-state index in [1.807, 2.05) is 4.90 Å². The molecule has 1 aliphatic rings. The number of nitrogens with one attached hydrogen (secondary N) is 1.